The Morgan fingerprint density at radius 2 is 1.73 bits per heavy atom. The number of piperidine rings is 1. The van der Waals surface area contributed by atoms with Crippen LogP contribution in [0, 0.1) is 11.7 Å². The molecule has 0 spiro atoms. The van der Waals surface area contributed by atoms with Crippen LogP contribution >= 0.6 is 12.4 Å². The molecule has 1 aliphatic carbocycles. The molecule has 0 radical (unpaired) electrons. The SMILES string of the molecule is Cl.NC1CCC(C(=O)N2CCC(NS(=O)(=O)c3ccc(F)cc3)CC2)C1. The summed E-state index contributed by atoms with van der Waals surface area (Å²) >= 11 is 0. The Morgan fingerprint density at radius 3 is 2.27 bits per heavy atom. The molecule has 1 aromatic carbocycles. The number of hydrogen-bond donors (Lipinski definition) is 2. The lowest BCUT2D eigenvalue weighted by molar-refractivity contribution is -0.136. The molecule has 26 heavy (non-hydrogen) atoms. The number of carbonyl (C=O) groups is 1. The van der Waals surface area contributed by atoms with Crippen molar-refractivity contribution in [1.82, 2.24) is 9.62 Å². The molecular formula is C17H25ClFN3O3S. The molecule has 2 aliphatic rings. The predicted molar refractivity (Wildman–Crippen MR) is 98.9 cm³/mol. The number of likely N-dealkylation sites (tertiary alicyclic amines) is 1. The second kappa shape index (κ2) is 8.65. The molecule has 1 aromatic rings. The monoisotopic (exact) mass is 405 g/mol. The first-order chi connectivity index (χ1) is 11.8. The Morgan fingerprint density at radius 1 is 1.12 bits per heavy atom. The summed E-state index contributed by atoms with van der Waals surface area (Å²) in [7, 11) is -3.67. The van der Waals surface area contributed by atoms with Crippen molar-refractivity contribution in [2.45, 2.75) is 49.1 Å². The van der Waals surface area contributed by atoms with Crippen LogP contribution in [0.25, 0.3) is 0 Å². The molecule has 3 rings (SSSR count). The second-order valence-electron chi connectivity index (χ2n) is 6.94. The summed E-state index contributed by atoms with van der Waals surface area (Å²) in [5.41, 5.74) is 5.88. The molecule has 1 heterocycles. The van der Waals surface area contributed by atoms with Crippen LogP contribution in [-0.4, -0.2) is 44.4 Å². The highest BCUT2D eigenvalue weighted by molar-refractivity contribution is 7.89. The Kier molecular flexibility index (Phi) is 7.01. The minimum atomic E-state index is -3.67. The molecule has 3 N–H and O–H groups in total. The van der Waals surface area contributed by atoms with Gasteiger partial charge in [-0.2, -0.15) is 0 Å². The maximum absolute atomic E-state index is 12.9. The van der Waals surface area contributed by atoms with E-state index < -0.39 is 15.8 Å². The Hall–Kier alpha value is -1.22. The van der Waals surface area contributed by atoms with Crippen LogP contribution < -0.4 is 10.5 Å². The highest BCUT2D eigenvalue weighted by Crippen LogP contribution is 2.27. The first kappa shape index (κ1) is 21.1. The van der Waals surface area contributed by atoms with Gasteiger partial charge in [0.1, 0.15) is 5.82 Å². The van der Waals surface area contributed by atoms with E-state index in [1.165, 1.54) is 12.1 Å². The highest BCUT2D eigenvalue weighted by Gasteiger charge is 2.33. The van der Waals surface area contributed by atoms with Crippen LogP contribution in [-0.2, 0) is 14.8 Å². The first-order valence-corrected chi connectivity index (χ1v) is 10.2. The molecule has 0 bridgehead atoms. The van der Waals surface area contributed by atoms with E-state index in [-0.39, 0.29) is 41.2 Å². The van der Waals surface area contributed by atoms with Gasteiger partial charge in [0.05, 0.1) is 4.90 Å². The fourth-order valence-corrected chi connectivity index (χ4v) is 4.92. The van der Waals surface area contributed by atoms with E-state index >= 15 is 0 Å². The lowest BCUT2D eigenvalue weighted by atomic mass is 10.0. The van der Waals surface area contributed by atoms with Crippen molar-refractivity contribution in [2.24, 2.45) is 11.7 Å². The standard InChI is InChI=1S/C17H24FN3O3S.ClH/c18-13-2-5-16(6-3-13)25(23,24)20-15-7-9-21(10-8-15)17(22)12-1-4-14(19)11-12;/h2-3,5-6,12,14-15,20H,1,4,7-11,19H2;1H. The fraction of sp³-hybridized carbons (Fsp3) is 0.588. The molecule has 146 valence electrons. The molecule has 1 saturated carbocycles. The summed E-state index contributed by atoms with van der Waals surface area (Å²) in [4.78, 5) is 14.4. The van der Waals surface area contributed by atoms with E-state index in [1.54, 1.807) is 0 Å². The van der Waals surface area contributed by atoms with Crippen molar-refractivity contribution in [2.75, 3.05) is 13.1 Å². The number of sulfonamides is 1. The topological polar surface area (TPSA) is 92.5 Å². The van der Waals surface area contributed by atoms with Crippen LogP contribution in [0.15, 0.2) is 29.2 Å². The zero-order valence-electron chi connectivity index (χ0n) is 14.4. The van der Waals surface area contributed by atoms with Gasteiger partial charge in [0, 0.05) is 31.1 Å². The molecular weight excluding hydrogens is 381 g/mol. The highest BCUT2D eigenvalue weighted by atomic mass is 35.5. The Balaban J connectivity index is 0.00000243. The van der Waals surface area contributed by atoms with Gasteiger partial charge in [0.25, 0.3) is 0 Å². The van der Waals surface area contributed by atoms with Crippen molar-refractivity contribution in [1.29, 1.82) is 0 Å². The number of nitrogens with two attached hydrogens (primary N) is 1. The number of rotatable bonds is 4. The molecule has 1 saturated heterocycles. The van der Waals surface area contributed by atoms with E-state index in [0.717, 1.165) is 31.4 Å². The van der Waals surface area contributed by atoms with Gasteiger partial charge in [-0.25, -0.2) is 17.5 Å². The number of hydrogen-bond acceptors (Lipinski definition) is 4. The molecule has 2 atom stereocenters. The molecule has 1 aliphatic heterocycles. The number of amides is 1. The largest absolute Gasteiger partial charge is 0.342 e. The zero-order valence-corrected chi connectivity index (χ0v) is 16.1. The third-order valence-electron chi connectivity index (χ3n) is 5.07. The van der Waals surface area contributed by atoms with Crippen molar-refractivity contribution in [3.63, 3.8) is 0 Å². The molecule has 9 heteroatoms. The van der Waals surface area contributed by atoms with E-state index in [4.69, 9.17) is 5.73 Å². The van der Waals surface area contributed by atoms with Crippen LogP contribution in [0.3, 0.4) is 0 Å². The minimum Gasteiger partial charge on any atom is -0.342 e. The number of benzene rings is 1. The van der Waals surface area contributed by atoms with Gasteiger partial charge in [0.2, 0.25) is 15.9 Å². The summed E-state index contributed by atoms with van der Waals surface area (Å²) in [5.74, 6) is -0.312. The van der Waals surface area contributed by atoms with Gasteiger partial charge >= 0.3 is 0 Å². The molecule has 6 nitrogen and oxygen atoms in total. The fourth-order valence-electron chi connectivity index (χ4n) is 3.62. The summed E-state index contributed by atoms with van der Waals surface area (Å²) in [6.07, 6.45) is 3.63. The van der Waals surface area contributed by atoms with Crippen LogP contribution in [0.4, 0.5) is 4.39 Å². The van der Waals surface area contributed by atoms with Gasteiger partial charge < -0.3 is 10.6 Å². The van der Waals surface area contributed by atoms with E-state index in [9.17, 15) is 17.6 Å². The summed E-state index contributed by atoms with van der Waals surface area (Å²) in [5, 5.41) is 0. The normalized spacial score (nSPS) is 24.3. The van der Waals surface area contributed by atoms with E-state index in [2.05, 4.69) is 4.72 Å². The molecule has 1 amide bonds. The molecule has 2 unspecified atom stereocenters. The number of nitrogens with one attached hydrogen (secondary N) is 1. The number of nitrogens with zero attached hydrogens (tertiary/aromatic N) is 1. The van der Waals surface area contributed by atoms with Gasteiger partial charge in [0.15, 0.2) is 0 Å². The van der Waals surface area contributed by atoms with E-state index in [1.807, 2.05) is 4.90 Å². The van der Waals surface area contributed by atoms with Crippen LogP contribution in [0.1, 0.15) is 32.1 Å². The predicted octanol–water partition coefficient (Wildman–Crippen LogP) is 1.64. The van der Waals surface area contributed by atoms with E-state index in [0.29, 0.717) is 25.9 Å². The maximum atomic E-state index is 12.9. The second-order valence-corrected chi connectivity index (χ2v) is 8.66. The van der Waals surface area contributed by atoms with Gasteiger partial charge in [-0.05, 0) is 56.4 Å². The van der Waals surface area contributed by atoms with Crippen molar-refractivity contribution in [3.05, 3.63) is 30.1 Å². The number of carbonyl (C=O) groups excluding carboxylic acids is 1. The van der Waals surface area contributed by atoms with Gasteiger partial charge in [-0.15, -0.1) is 12.4 Å². The van der Waals surface area contributed by atoms with Gasteiger partial charge in [-0.3, -0.25) is 4.79 Å². The quantitative estimate of drug-likeness (QED) is 0.796. The minimum absolute atomic E-state index is 0. The molecule has 2 fully saturated rings. The van der Waals surface area contributed by atoms with Crippen molar-refractivity contribution in [3.8, 4) is 0 Å². The smallest absolute Gasteiger partial charge is 0.240 e. The lowest BCUT2D eigenvalue weighted by Crippen LogP contribution is -2.47. The van der Waals surface area contributed by atoms with Crippen molar-refractivity contribution >= 4 is 28.3 Å². The molecule has 0 aromatic heterocycles. The van der Waals surface area contributed by atoms with Crippen molar-refractivity contribution < 1.29 is 17.6 Å². The average Bonchev–Trinajstić information content (AvgIpc) is 3.01. The first-order valence-electron chi connectivity index (χ1n) is 8.67. The van der Waals surface area contributed by atoms with Crippen LogP contribution in [0.2, 0.25) is 0 Å². The summed E-state index contributed by atoms with van der Waals surface area (Å²) in [6, 6.07) is 4.66. The maximum Gasteiger partial charge on any atom is 0.240 e. The number of halogens is 2. The summed E-state index contributed by atoms with van der Waals surface area (Å²) in [6.45, 7) is 1.09. The Bertz CT molecular complexity index is 721. The van der Waals surface area contributed by atoms with Crippen LogP contribution in [0.5, 0.6) is 0 Å². The average molecular weight is 406 g/mol. The third-order valence-corrected chi connectivity index (χ3v) is 6.61. The van der Waals surface area contributed by atoms with Gasteiger partial charge in [-0.1, -0.05) is 0 Å². The lowest BCUT2D eigenvalue weighted by Gasteiger charge is -2.33. The zero-order chi connectivity index (χ0) is 18.0. The third kappa shape index (κ3) is 4.94. The Labute approximate surface area is 159 Å². The summed E-state index contributed by atoms with van der Waals surface area (Å²) < 4.78 is 40.3.